The van der Waals surface area contributed by atoms with Crippen LogP contribution < -0.4 is 10.6 Å². The molecule has 2 aromatic carbocycles. The van der Waals surface area contributed by atoms with Gasteiger partial charge >= 0.3 is 0 Å². The summed E-state index contributed by atoms with van der Waals surface area (Å²) >= 11 is 0. The molecule has 0 aliphatic carbocycles. The Bertz CT molecular complexity index is 609. The van der Waals surface area contributed by atoms with Crippen LogP contribution in [0.5, 0.6) is 0 Å². The zero-order valence-electron chi connectivity index (χ0n) is 11.2. The van der Waals surface area contributed by atoms with Crippen LogP contribution in [0.25, 0.3) is 0 Å². The Labute approximate surface area is 113 Å². The van der Waals surface area contributed by atoms with Gasteiger partial charge < -0.3 is 10.6 Å². The van der Waals surface area contributed by atoms with E-state index in [9.17, 15) is 0 Å². The van der Waals surface area contributed by atoms with Gasteiger partial charge in [0, 0.05) is 23.6 Å². The smallest absolute Gasteiger partial charge is 0.101 e. The molecule has 3 heteroatoms. The molecule has 0 aliphatic heterocycles. The number of hydrogen-bond donors (Lipinski definition) is 1. The van der Waals surface area contributed by atoms with Crippen molar-refractivity contribution in [3.63, 3.8) is 0 Å². The van der Waals surface area contributed by atoms with Crippen molar-refractivity contribution in [1.29, 1.82) is 5.26 Å². The number of nitrogens with two attached hydrogens (primary N) is 1. The van der Waals surface area contributed by atoms with E-state index in [1.807, 2.05) is 12.1 Å². The van der Waals surface area contributed by atoms with Crippen molar-refractivity contribution in [2.45, 2.75) is 13.8 Å². The maximum absolute atomic E-state index is 9.06. The van der Waals surface area contributed by atoms with Crippen LogP contribution in [0.2, 0.25) is 0 Å². The molecule has 0 aromatic heterocycles. The summed E-state index contributed by atoms with van der Waals surface area (Å²) in [6, 6.07) is 16.0. The second-order valence-corrected chi connectivity index (χ2v) is 4.46. The van der Waals surface area contributed by atoms with Crippen molar-refractivity contribution in [2.75, 3.05) is 17.2 Å². The van der Waals surface area contributed by atoms with E-state index >= 15 is 0 Å². The van der Waals surface area contributed by atoms with Crippen LogP contribution in [0, 0.1) is 18.3 Å². The molecular weight excluding hydrogens is 234 g/mol. The van der Waals surface area contributed by atoms with E-state index in [0.717, 1.165) is 17.9 Å². The molecule has 0 heterocycles. The lowest BCUT2D eigenvalue weighted by Crippen LogP contribution is -2.16. The lowest BCUT2D eigenvalue weighted by atomic mass is 10.1. The number of aryl methyl sites for hydroxylation is 1. The Morgan fingerprint density at radius 1 is 1.11 bits per heavy atom. The van der Waals surface area contributed by atoms with Gasteiger partial charge in [-0.05, 0) is 44.2 Å². The minimum absolute atomic E-state index is 0.517. The average Bonchev–Trinajstić information content (AvgIpc) is 2.43. The van der Waals surface area contributed by atoms with E-state index in [-0.39, 0.29) is 0 Å². The molecule has 0 radical (unpaired) electrons. The van der Waals surface area contributed by atoms with Gasteiger partial charge in [0.05, 0.1) is 5.56 Å². The predicted octanol–water partition coefficient (Wildman–Crippen LogP) is 3.61. The first-order valence-electron chi connectivity index (χ1n) is 6.29. The highest BCUT2D eigenvalue weighted by Crippen LogP contribution is 2.27. The number of hydrogen-bond acceptors (Lipinski definition) is 3. The molecule has 3 nitrogen and oxygen atoms in total. The van der Waals surface area contributed by atoms with E-state index in [2.05, 4.69) is 49.1 Å². The molecule has 0 amide bonds. The molecule has 0 saturated heterocycles. The summed E-state index contributed by atoms with van der Waals surface area (Å²) in [5.41, 5.74) is 10.1. The lowest BCUT2D eigenvalue weighted by molar-refractivity contribution is 1.02. The summed E-state index contributed by atoms with van der Waals surface area (Å²) in [4.78, 5) is 2.15. The first-order valence-corrected chi connectivity index (χ1v) is 6.29. The van der Waals surface area contributed by atoms with Crippen molar-refractivity contribution < 1.29 is 0 Å². The minimum Gasteiger partial charge on any atom is -0.398 e. The molecule has 19 heavy (non-hydrogen) atoms. The third-order valence-corrected chi connectivity index (χ3v) is 3.13. The van der Waals surface area contributed by atoms with Crippen molar-refractivity contribution in [1.82, 2.24) is 0 Å². The zero-order valence-corrected chi connectivity index (χ0v) is 11.2. The van der Waals surface area contributed by atoms with Gasteiger partial charge in [-0.1, -0.05) is 17.7 Å². The van der Waals surface area contributed by atoms with Gasteiger partial charge in [-0.3, -0.25) is 0 Å². The fraction of sp³-hybridized carbons (Fsp3) is 0.188. The molecule has 2 aromatic rings. The first kappa shape index (κ1) is 13.0. The summed E-state index contributed by atoms with van der Waals surface area (Å²) in [6.07, 6.45) is 0. The van der Waals surface area contributed by atoms with E-state index < -0.39 is 0 Å². The molecular formula is C16H17N3. The summed E-state index contributed by atoms with van der Waals surface area (Å²) in [7, 11) is 0. The predicted molar refractivity (Wildman–Crippen MR) is 79.4 cm³/mol. The topological polar surface area (TPSA) is 53.0 Å². The van der Waals surface area contributed by atoms with E-state index in [0.29, 0.717) is 11.3 Å². The number of anilines is 3. The Kier molecular flexibility index (Phi) is 3.72. The monoisotopic (exact) mass is 251 g/mol. The normalized spacial score (nSPS) is 9.95. The maximum Gasteiger partial charge on any atom is 0.101 e. The van der Waals surface area contributed by atoms with Gasteiger partial charge in [0.25, 0.3) is 0 Å². The number of rotatable bonds is 3. The van der Waals surface area contributed by atoms with Gasteiger partial charge in [-0.2, -0.15) is 5.26 Å². The van der Waals surface area contributed by atoms with Crippen LogP contribution >= 0.6 is 0 Å². The van der Waals surface area contributed by atoms with Crippen molar-refractivity contribution in [2.24, 2.45) is 0 Å². The molecule has 2 rings (SSSR count). The quantitative estimate of drug-likeness (QED) is 0.848. The number of nitrogen functional groups attached to an aromatic ring is 1. The molecule has 2 N–H and O–H groups in total. The third kappa shape index (κ3) is 2.69. The zero-order chi connectivity index (χ0) is 13.8. The Balaban J connectivity index is 2.42. The van der Waals surface area contributed by atoms with Crippen LogP contribution in [0.4, 0.5) is 17.1 Å². The number of nitrogens with zero attached hydrogens (tertiary/aromatic N) is 2. The van der Waals surface area contributed by atoms with E-state index in [1.165, 1.54) is 5.56 Å². The molecule has 0 bridgehead atoms. The first-order chi connectivity index (χ1) is 9.15. The second-order valence-electron chi connectivity index (χ2n) is 4.46. The summed E-state index contributed by atoms with van der Waals surface area (Å²) in [5, 5.41) is 9.06. The molecule has 0 unspecified atom stereocenters. The van der Waals surface area contributed by atoms with Gasteiger partial charge in [-0.15, -0.1) is 0 Å². The van der Waals surface area contributed by atoms with Crippen LogP contribution in [0.15, 0.2) is 42.5 Å². The van der Waals surface area contributed by atoms with Gasteiger partial charge in [0.2, 0.25) is 0 Å². The Morgan fingerprint density at radius 2 is 1.74 bits per heavy atom. The minimum atomic E-state index is 0.517. The van der Waals surface area contributed by atoms with E-state index in [4.69, 9.17) is 11.0 Å². The number of benzene rings is 2. The highest BCUT2D eigenvalue weighted by molar-refractivity contribution is 5.69. The average molecular weight is 251 g/mol. The van der Waals surface area contributed by atoms with Crippen LogP contribution in [0.1, 0.15) is 18.1 Å². The molecule has 0 saturated carbocycles. The van der Waals surface area contributed by atoms with Crippen LogP contribution in [-0.4, -0.2) is 6.54 Å². The van der Waals surface area contributed by atoms with Crippen molar-refractivity contribution in [3.05, 3.63) is 53.6 Å². The highest BCUT2D eigenvalue weighted by Gasteiger charge is 2.09. The van der Waals surface area contributed by atoms with Crippen molar-refractivity contribution >= 4 is 17.1 Å². The molecule has 0 aliphatic rings. The molecule has 96 valence electrons. The van der Waals surface area contributed by atoms with Gasteiger partial charge in [0.1, 0.15) is 6.07 Å². The van der Waals surface area contributed by atoms with Crippen LogP contribution in [0.3, 0.4) is 0 Å². The second kappa shape index (κ2) is 5.45. The standard InChI is InChI=1S/C16H17N3/c1-3-19(14-6-4-12(2)5-7-14)15-8-9-16(18)13(10-15)11-17/h4-10H,3,18H2,1-2H3. The SMILES string of the molecule is CCN(c1ccc(C)cc1)c1ccc(N)c(C#N)c1. The Morgan fingerprint density at radius 3 is 2.32 bits per heavy atom. The fourth-order valence-corrected chi connectivity index (χ4v) is 2.05. The van der Waals surface area contributed by atoms with Gasteiger partial charge in [0.15, 0.2) is 0 Å². The van der Waals surface area contributed by atoms with Crippen molar-refractivity contribution in [3.8, 4) is 6.07 Å². The summed E-state index contributed by atoms with van der Waals surface area (Å²) in [6.45, 7) is 4.98. The Hall–Kier alpha value is -2.47. The molecule has 0 spiro atoms. The number of nitriles is 1. The molecule has 0 fully saturated rings. The summed E-state index contributed by atoms with van der Waals surface area (Å²) < 4.78 is 0. The molecule has 0 atom stereocenters. The third-order valence-electron chi connectivity index (χ3n) is 3.13. The largest absolute Gasteiger partial charge is 0.398 e. The summed E-state index contributed by atoms with van der Waals surface area (Å²) in [5.74, 6) is 0. The lowest BCUT2D eigenvalue weighted by Gasteiger charge is -2.24. The van der Waals surface area contributed by atoms with Gasteiger partial charge in [-0.25, -0.2) is 0 Å². The maximum atomic E-state index is 9.06. The highest BCUT2D eigenvalue weighted by atomic mass is 15.1. The fourth-order valence-electron chi connectivity index (χ4n) is 2.05. The van der Waals surface area contributed by atoms with E-state index in [1.54, 1.807) is 6.07 Å². The van der Waals surface area contributed by atoms with Crippen LogP contribution in [-0.2, 0) is 0 Å².